The second kappa shape index (κ2) is 7.18. The van der Waals surface area contributed by atoms with Gasteiger partial charge in [-0.3, -0.25) is 4.98 Å². The van der Waals surface area contributed by atoms with E-state index < -0.39 is 10.0 Å². The third-order valence-electron chi connectivity index (χ3n) is 4.94. The van der Waals surface area contributed by atoms with E-state index in [2.05, 4.69) is 27.4 Å². The minimum Gasteiger partial charge on any atom is -0.382 e. The number of anilines is 1. The van der Waals surface area contributed by atoms with Crippen molar-refractivity contribution >= 4 is 37.8 Å². The summed E-state index contributed by atoms with van der Waals surface area (Å²) in [6.07, 6.45) is 8.46. The lowest BCUT2D eigenvalue weighted by Crippen LogP contribution is -2.41. The van der Waals surface area contributed by atoms with Gasteiger partial charge in [0.2, 0.25) is 10.0 Å². The van der Waals surface area contributed by atoms with Crippen LogP contribution in [0.4, 0.5) is 5.69 Å². The Labute approximate surface area is 163 Å². The van der Waals surface area contributed by atoms with Crippen molar-refractivity contribution in [1.29, 1.82) is 0 Å². The van der Waals surface area contributed by atoms with E-state index in [0.29, 0.717) is 13.1 Å². The summed E-state index contributed by atoms with van der Waals surface area (Å²) in [5, 5.41) is 6.89. The van der Waals surface area contributed by atoms with Crippen LogP contribution in [0.3, 0.4) is 0 Å². The van der Waals surface area contributed by atoms with E-state index in [1.54, 1.807) is 21.8 Å². The number of sulfonamides is 1. The summed E-state index contributed by atoms with van der Waals surface area (Å²) in [5.41, 5.74) is 2.18. The third kappa shape index (κ3) is 3.97. The van der Waals surface area contributed by atoms with Gasteiger partial charge >= 0.3 is 0 Å². The number of aryl methyl sites for hydroxylation is 1. The second-order valence-corrected chi connectivity index (χ2v) is 10.2. The first-order chi connectivity index (χ1) is 12.9. The average Bonchev–Trinajstić information content (AvgIpc) is 3.08. The molecule has 8 heteroatoms. The molecule has 1 aromatic carbocycles. The molecule has 0 saturated carbocycles. The molecule has 0 atom stereocenters. The Hall–Kier alpha value is -2.03. The van der Waals surface area contributed by atoms with Gasteiger partial charge in [-0.2, -0.15) is 0 Å². The number of pyridine rings is 1. The molecule has 2 aromatic heterocycles. The molecule has 6 nitrogen and oxygen atoms in total. The smallest absolute Gasteiger partial charge is 0.211 e. The van der Waals surface area contributed by atoms with E-state index in [-0.39, 0.29) is 6.04 Å². The van der Waals surface area contributed by atoms with E-state index in [1.807, 2.05) is 25.4 Å². The van der Waals surface area contributed by atoms with Crippen molar-refractivity contribution in [2.45, 2.75) is 25.8 Å². The zero-order valence-corrected chi connectivity index (χ0v) is 17.0. The molecule has 1 N–H and O–H groups in total. The van der Waals surface area contributed by atoms with Crippen LogP contribution in [0.15, 0.2) is 36.8 Å². The van der Waals surface area contributed by atoms with Crippen molar-refractivity contribution < 1.29 is 8.42 Å². The molecular formula is C19H22N4O2S2. The van der Waals surface area contributed by atoms with Crippen molar-refractivity contribution in [3.63, 3.8) is 0 Å². The number of fused-ring (bicyclic) bond motifs is 1. The molecule has 1 saturated heterocycles. The van der Waals surface area contributed by atoms with Gasteiger partial charge in [-0.25, -0.2) is 17.7 Å². The Morgan fingerprint density at radius 3 is 2.67 bits per heavy atom. The van der Waals surface area contributed by atoms with Crippen LogP contribution in [0.25, 0.3) is 21.2 Å². The number of nitrogens with one attached hydrogen (secondary N) is 1. The van der Waals surface area contributed by atoms with Crippen molar-refractivity contribution in [1.82, 2.24) is 14.3 Å². The van der Waals surface area contributed by atoms with Crippen LogP contribution in [-0.4, -0.2) is 48.1 Å². The highest BCUT2D eigenvalue weighted by atomic mass is 32.2. The molecule has 3 heterocycles. The summed E-state index contributed by atoms with van der Waals surface area (Å²) < 4.78 is 25.0. The number of hydrogen-bond donors (Lipinski definition) is 1. The number of nitrogens with zero attached hydrogens (tertiary/aromatic N) is 3. The Kier molecular flexibility index (Phi) is 4.88. The molecule has 0 radical (unpaired) electrons. The quantitative estimate of drug-likeness (QED) is 0.723. The lowest BCUT2D eigenvalue weighted by atomic mass is 10.0. The molecule has 27 heavy (non-hydrogen) atoms. The van der Waals surface area contributed by atoms with Gasteiger partial charge in [0.15, 0.2) is 0 Å². The van der Waals surface area contributed by atoms with Crippen LogP contribution >= 0.6 is 11.3 Å². The number of rotatable bonds is 4. The minimum absolute atomic E-state index is 0.241. The van der Waals surface area contributed by atoms with E-state index in [4.69, 9.17) is 0 Å². The summed E-state index contributed by atoms with van der Waals surface area (Å²) in [6.45, 7) is 3.12. The summed E-state index contributed by atoms with van der Waals surface area (Å²) in [5.74, 6) is 0. The molecule has 0 unspecified atom stereocenters. The predicted octanol–water partition coefficient (Wildman–Crippen LogP) is 3.50. The Bertz CT molecular complexity index is 1070. The fourth-order valence-corrected chi connectivity index (χ4v) is 5.15. The molecule has 0 amide bonds. The first kappa shape index (κ1) is 18.3. The lowest BCUT2D eigenvalue weighted by molar-refractivity contribution is 0.332. The highest BCUT2D eigenvalue weighted by Crippen LogP contribution is 2.34. The van der Waals surface area contributed by atoms with Crippen LogP contribution in [0.1, 0.15) is 17.8 Å². The minimum atomic E-state index is -3.11. The topological polar surface area (TPSA) is 75.2 Å². The maximum atomic E-state index is 11.7. The molecule has 0 bridgehead atoms. The van der Waals surface area contributed by atoms with E-state index in [1.165, 1.54) is 6.26 Å². The largest absolute Gasteiger partial charge is 0.382 e. The third-order valence-corrected chi connectivity index (χ3v) is 7.21. The van der Waals surface area contributed by atoms with Gasteiger partial charge in [0.1, 0.15) is 0 Å². The Balaban J connectivity index is 1.63. The van der Waals surface area contributed by atoms with Gasteiger partial charge in [-0.15, -0.1) is 11.3 Å². The molecule has 4 rings (SSSR count). The molecule has 0 aliphatic carbocycles. The molecule has 1 aliphatic heterocycles. The van der Waals surface area contributed by atoms with Crippen LogP contribution in [-0.2, 0) is 10.0 Å². The molecule has 1 aliphatic rings. The highest BCUT2D eigenvalue weighted by Gasteiger charge is 2.25. The summed E-state index contributed by atoms with van der Waals surface area (Å²) in [6, 6.07) is 6.58. The summed E-state index contributed by atoms with van der Waals surface area (Å²) >= 11 is 1.68. The van der Waals surface area contributed by atoms with Gasteiger partial charge in [0, 0.05) is 48.8 Å². The zero-order chi connectivity index (χ0) is 19.0. The fourth-order valence-electron chi connectivity index (χ4n) is 3.51. The number of aromatic nitrogens is 2. The van der Waals surface area contributed by atoms with Crippen LogP contribution in [0, 0.1) is 6.92 Å². The van der Waals surface area contributed by atoms with Crippen molar-refractivity contribution in [2.24, 2.45) is 0 Å². The highest BCUT2D eigenvalue weighted by molar-refractivity contribution is 7.88. The number of benzene rings is 1. The number of thiazole rings is 1. The molecule has 0 spiro atoms. The Morgan fingerprint density at radius 1 is 1.22 bits per heavy atom. The number of hydrogen-bond acceptors (Lipinski definition) is 6. The second-order valence-electron chi connectivity index (χ2n) is 6.94. The van der Waals surface area contributed by atoms with E-state index in [0.717, 1.165) is 44.7 Å². The molecule has 1 fully saturated rings. The van der Waals surface area contributed by atoms with Gasteiger partial charge in [-0.1, -0.05) is 0 Å². The van der Waals surface area contributed by atoms with Crippen LogP contribution < -0.4 is 5.32 Å². The normalized spacial score (nSPS) is 16.7. The molecule has 142 valence electrons. The molecule has 3 aromatic rings. The zero-order valence-electron chi connectivity index (χ0n) is 15.3. The average molecular weight is 403 g/mol. The van der Waals surface area contributed by atoms with E-state index >= 15 is 0 Å². The van der Waals surface area contributed by atoms with Crippen molar-refractivity contribution in [2.75, 3.05) is 24.7 Å². The fraction of sp³-hybridized carbons (Fsp3) is 0.368. The van der Waals surface area contributed by atoms with Crippen LogP contribution in [0.2, 0.25) is 0 Å². The van der Waals surface area contributed by atoms with Crippen molar-refractivity contribution in [3.05, 3.63) is 41.8 Å². The van der Waals surface area contributed by atoms with Gasteiger partial charge in [-0.05, 0) is 48.9 Å². The van der Waals surface area contributed by atoms with Crippen LogP contribution in [0.5, 0.6) is 0 Å². The summed E-state index contributed by atoms with van der Waals surface area (Å²) in [7, 11) is -3.11. The lowest BCUT2D eigenvalue weighted by Gasteiger charge is -2.31. The predicted molar refractivity (Wildman–Crippen MR) is 111 cm³/mol. The van der Waals surface area contributed by atoms with Gasteiger partial charge < -0.3 is 5.32 Å². The molecular weight excluding hydrogens is 380 g/mol. The van der Waals surface area contributed by atoms with Gasteiger partial charge in [0.05, 0.1) is 16.1 Å². The maximum absolute atomic E-state index is 11.7. The number of piperidine rings is 1. The van der Waals surface area contributed by atoms with Gasteiger partial charge in [0.25, 0.3) is 0 Å². The SMILES string of the molecule is Cc1ncc(-c2cc(NC3CCN(S(C)(=O)=O)CC3)c3cnccc3c2)s1. The standard InChI is InChI=1S/C19H22N4O2S2/c1-13-21-12-19(26-13)15-9-14-3-6-20-11-17(14)18(10-15)22-16-4-7-23(8-5-16)27(2,24)25/h3,6,9-12,16,22H,4-5,7-8H2,1-2H3. The monoisotopic (exact) mass is 402 g/mol. The first-order valence-electron chi connectivity index (χ1n) is 8.92. The maximum Gasteiger partial charge on any atom is 0.211 e. The Morgan fingerprint density at radius 2 is 2.00 bits per heavy atom. The van der Waals surface area contributed by atoms with E-state index in [9.17, 15) is 8.42 Å². The summed E-state index contributed by atoms with van der Waals surface area (Å²) in [4.78, 5) is 9.79. The first-order valence-corrected chi connectivity index (χ1v) is 11.6. The van der Waals surface area contributed by atoms with Crippen molar-refractivity contribution in [3.8, 4) is 10.4 Å².